The Morgan fingerprint density at radius 1 is 1.06 bits per heavy atom. The molecule has 0 fully saturated rings. The summed E-state index contributed by atoms with van der Waals surface area (Å²) in [5.41, 5.74) is 0.843. The van der Waals surface area contributed by atoms with Crippen molar-refractivity contribution in [2.24, 2.45) is 0 Å². The summed E-state index contributed by atoms with van der Waals surface area (Å²) >= 11 is 0. The number of carbonyl (C=O) groups excluding carboxylic acids is 2. The van der Waals surface area contributed by atoms with E-state index in [1.54, 1.807) is 18.2 Å². The van der Waals surface area contributed by atoms with Gasteiger partial charge in [-0.3, -0.25) is 4.79 Å². The van der Waals surface area contributed by atoms with Gasteiger partial charge < -0.3 is 20.1 Å². The Hall–Kier alpha value is -3.18. The minimum atomic E-state index is -4.03. The highest BCUT2D eigenvalue weighted by Crippen LogP contribution is 2.29. The summed E-state index contributed by atoms with van der Waals surface area (Å²) < 4.78 is 32.5. The van der Waals surface area contributed by atoms with Crippen molar-refractivity contribution in [1.29, 1.82) is 0 Å². The van der Waals surface area contributed by atoms with Crippen LogP contribution < -0.4 is 14.9 Å². The monoisotopic (exact) mass is 451 g/mol. The van der Waals surface area contributed by atoms with Gasteiger partial charge in [0.25, 0.3) is 0 Å². The van der Waals surface area contributed by atoms with Gasteiger partial charge in [0.1, 0.15) is 6.04 Å². The number of aliphatic carboxylic acids is 1. The van der Waals surface area contributed by atoms with Gasteiger partial charge >= 0.3 is 11.9 Å². The fourth-order valence-corrected chi connectivity index (χ4v) is 4.01. The zero-order chi connectivity index (χ0) is 23.3. The van der Waals surface area contributed by atoms with Gasteiger partial charge in [0, 0.05) is 30.6 Å². The van der Waals surface area contributed by atoms with E-state index in [-0.39, 0.29) is 4.90 Å². The molecule has 0 aromatic heterocycles. The summed E-state index contributed by atoms with van der Waals surface area (Å²) in [4.78, 5) is 36.5. The van der Waals surface area contributed by atoms with Gasteiger partial charge in [-0.1, -0.05) is 24.3 Å². The zero-order valence-corrected chi connectivity index (χ0v) is 18.4. The number of nitrogens with one attached hydrogen (secondary N) is 2. The SMILES string of the molecule is C[C@@H](NC(=O)CNS(=O)(=O)c1cccc2c(N(C)C)cccc12)C(=O)O[C@H](C)C(=O)O. The molecule has 0 unspecified atom stereocenters. The number of fused-ring (bicyclic) bond motifs is 1. The van der Waals surface area contributed by atoms with Crippen molar-refractivity contribution < 1.29 is 32.6 Å². The molecule has 3 N–H and O–H groups in total. The minimum absolute atomic E-state index is 0.0178. The van der Waals surface area contributed by atoms with Crippen molar-refractivity contribution >= 4 is 44.3 Å². The van der Waals surface area contributed by atoms with E-state index in [0.29, 0.717) is 5.39 Å². The summed E-state index contributed by atoms with van der Waals surface area (Å²) in [5, 5.41) is 12.3. The number of sulfonamides is 1. The van der Waals surface area contributed by atoms with Gasteiger partial charge in [0.05, 0.1) is 11.4 Å². The summed E-state index contributed by atoms with van der Waals surface area (Å²) in [7, 11) is -0.336. The van der Waals surface area contributed by atoms with Gasteiger partial charge in [0.2, 0.25) is 15.9 Å². The Balaban J connectivity index is 2.10. The number of amides is 1. The molecule has 2 atom stereocenters. The van der Waals surface area contributed by atoms with Crippen molar-refractivity contribution in [3.8, 4) is 0 Å². The first-order valence-electron chi connectivity index (χ1n) is 9.35. The Morgan fingerprint density at radius 3 is 2.29 bits per heavy atom. The van der Waals surface area contributed by atoms with Crippen LogP contribution in [0.4, 0.5) is 5.69 Å². The van der Waals surface area contributed by atoms with Crippen LogP contribution in [0, 0.1) is 0 Å². The maximum atomic E-state index is 12.8. The van der Waals surface area contributed by atoms with E-state index in [1.807, 2.05) is 31.1 Å². The van der Waals surface area contributed by atoms with Gasteiger partial charge in [-0.25, -0.2) is 22.7 Å². The fourth-order valence-electron chi connectivity index (χ4n) is 2.81. The number of benzene rings is 2. The average Bonchev–Trinajstić information content (AvgIpc) is 2.71. The molecule has 0 radical (unpaired) electrons. The fraction of sp³-hybridized carbons (Fsp3) is 0.350. The lowest BCUT2D eigenvalue weighted by Crippen LogP contribution is -2.45. The summed E-state index contributed by atoms with van der Waals surface area (Å²) in [6.45, 7) is 1.86. The zero-order valence-electron chi connectivity index (χ0n) is 17.6. The number of hydrogen-bond donors (Lipinski definition) is 3. The van der Waals surface area contributed by atoms with Crippen molar-refractivity contribution in [3.05, 3.63) is 36.4 Å². The molecule has 0 saturated heterocycles. The quantitative estimate of drug-likeness (QED) is 0.473. The Morgan fingerprint density at radius 2 is 1.68 bits per heavy atom. The number of carbonyl (C=O) groups is 3. The third kappa shape index (κ3) is 5.92. The van der Waals surface area contributed by atoms with Crippen LogP contribution in [-0.4, -0.2) is 64.2 Å². The molecule has 1 amide bonds. The molecule has 11 heteroatoms. The molecule has 2 aromatic carbocycles. The van der Waals surface area contributed by atoms with Crippen LogP contribution in [0.15, 0.2) is 41.3 Å². The number of hydrogen-bond acceptors (Lipinski definition) is 7. The van der Waals surface area contributed by atoms with Crippen LogP contribution in [0.5, 0.6) is 0 Å². The van der Waals surface area contributed by atoms with E-state index in [9.17, 15) is 22.8 Å². The maximum Gasteiger partial charge on any atom is 0.344 e. The molecule has 0 heterocycles. The largest absolute Gasteiger partial charge is 0.479 e. The van der Waals surface area contributed by atoms with Crippen molar-refractivity contribution in [2.75, 3.05) is 25.5 Å². The Bertz CT molecular complexity index is 1100. The second-order valence-electron chi connectivity index (χ2n) is 7.05. The van der Waals surface area contributed by atoms with Gasteiger partial charge in [0.15, 0.2) is 6.10 Å². The van der Waals surface area contributed by atoms with Gasteiger partial charge in [-0.05, 0) is 26.0 Å². The lowest BCUT2D eigenvalue weighted by molar-refractivity contribution is -0.164. The predicted octanol–water partition coefficient (Wildman–Crippen LogP) is 0.705. The number of esters is 1. The minimum Gasteiger partial charge on any atom is -0.479 e. The van der Waals surface area contributed by atoms with Crippen LogP contribution in [0.25, 0.3) is 10.8 Å². The summed E-state index contributed by atoms with van der Waals surface area (Å²) in [6.07, 6.45) is -1.37. The number of carboxylic acids is 1. The molecular weight excluding hydrogens is 426 g/mol. The van der Waals surface area contributed by atoms with Crippen LogP contribution in [-0.2, 0) is 29.1 Å². The molecule has 0 aliphatic heterocycles. The number of carboxylic acid groups (broad SMARTS) is 1. The standard InChI is InChI=1S/C20H25N3O7S/c1-12(20(27)30-13(2)19(25)26)22-18(24)11-21-31(28,29)17-10-6-7-14-15(17)8-5-9-16(14)23(3)4/h5-10,12-13,21H,11H2,1-4H3,(H,22,24)(H,25,26)/t12-,13-/m1/s1. The first-order valence-corrected chi connectivity index (χ1v) is 10.8. The van der Waals surface area contributed by atoms with E-state index < -0.39 is 46.6 Å². The average molecular weight is 452 g/mol. The van der Waals surface area contributed by atoms with Crippen LogP contribution in [0.1, 0.15) is 13.8 Å². The third-order valence-corrected chi connectivity index (χ3v) is 5.88. The van der Waals surface area contributed by atoms with E-state index >= 15 is 0 Å². The summed E-state index contributed by atoms with van der Waals surface area (Å²) in [6, 6.07) is 9.00. The van der Waals surface area contributed by atoms with Gasteiger partial charge in [-0.15, -0.1) is 0 Å². The van der Waals surface area contributed by atoms with Crippen LogP contribution >= 0.6 is 0 Å². The van der Waals surface area contributed by atoms with Crippen molar-refractivity contribution in [3.63, 3.8) is 0 Å². The molecule has 2 aromatic rings. The molecule has 10 nitrogen and oxygen atoms in total. The van der Waals surface area contributed by atoms with Crippen LogP contribution in [0.3, 0.4) is 0 Å². The van der Waals surface area contributed by atoms with E-state index in [4.69, 9.17) is 5.11 Å². The highest BCUT2D eigenvalue weighted by molar-refractivity contribution is 7.89. The first-order chi connectivity index (χ1) is 14.4. The molecule has 0 aliphatic carbocycles. The smallest absolute Gasteiger partial charge is 0.344 e. The molecule has 0 aliphatic rings. The van der Waals surface area contributed by atoms with Crippen LogP contribution in [0.2, 0.25) is 0 Å². The van der Waals surface area contributed by atoms with E-state index in [2.05, 4.69) is 14.8 Å². The maximum absolute atomic E-state index is 12.8. The highest BCUT2D eigenvalue weighted by Gasteiger charge is 2.24. The number of anilines is 1. The van der Waals surface area contributed by atoms with E-state index in [0.717, 1.165) is 11.1 Å². The second kappa shape index (κ2) is 9.75. The molecule has 168 valence electrons. The molecule has 0 bridgehead atoms. The number of rotatable bonds is 9. The summed E-state index contributed by atoms with van der Waals surface area (Å²) in [5.74, 6) is -3.05. The lowest BCUT2D eigenvalue weighted by atomic mass is 10.1. The second-order valence-corrected chi connectivity index (χ2v) is 8.79. The first kappa shape index (κ1) is 24.1. The third-order valence-electron chi connectivity index (χ3n) is 4.42. The molecule has 0 saturated carbocycles. The Kier molecular flexibility index (Phi) is 7.58. The van der Waals surface area contributed by atoms with E-state index in [1.165, 1.54) is 19.9 Å². The number of ether oxygens (including phenoxy) is 1. The van der Waals surface area contributed by atoms with Gasteiger partial charge in [-0.2, -0.15) is 0 Å². The molecule has 31 heavy (non-hydrogen) atoms. The normalized spacial score (nSPS) is 13.3. The van der Waals surface area contributed by atoms with Crippen molar-refractivity contribution in [2.45, 2.75) is 30.9 Å². The molecule has 2 rings (SSSR count). The molecule has 0 spiro atoms. The highest BCUT2D eigenvalue weighted by atomic mass is 32.2. The predicted molar refractivity (Wildman–Crippen MR) is 114 cm³/mol. The Labute approximate surface area is 180 Å². The number of nitrogens with zero attached hydrogens (tertiary/aromatic N) is 1. The lowest BCUT2D eigenvalue weighted by Gasteiger charge is -2.17. The topological polar surface area (TPSA) is 142 Å². The molecular formula is C20H25N3O7S. The van der Waals surface area contributed by atoms with Crippen molar-refractivity contribution in [1.82, 2.24) is 10.0 Å².